The van der Waals surface area contributed by atoms with Gasteiger partial charge in [0.05, 0.1) is 13.2 Å². The Morgan fingerprint density at radius 1 is 1.04 bits per heavy atom. The van der Waals surface area contributed by atoms with Crippen molar-refractivity contribution in [3.63, 3.8) is 0 Å². The molecule has 3 rings (SSSR count). The highest BCUT2D eigenvalue weighted by atomic mass is 35.5. The van der Waals surface area contributed by atoms with Gasteiger partial charge in [0, 0.05) is 17.0 Å². The minimum atomic E-state index is -0.634. The van der Waals surface area contributed by atoms with Gasteiger partial charge in [-0.25, -0.2) is 4.79 Å². The fraction of sp³-hybridized carbons (Fsp3) is 0.300. The molecule has 1 aliphatic rings. The molecule has 0 bridgehead atoms. The number of hydrogen-bond donors (Lipinski definition) is 0. The van der Waals surface area contributed by atoms with E-state index in [0.29, 0.717) is 41.0 Å². The first-order valence-electron chi connectivity index (χ1n) is 8.50. The maximum absolute atomic E-state index is 12.2. The number of carbonyl (C=O) groups excluding carboxylic acids is 2. The molecule has 0 aromatic heterocycles. The summed E-state index contributed by atoms with van der Waals surface area (Å²) < 4.78 is 21.4. The van der Waals surface area contributed by atoms with Crippen LogP contribution in [-0.2, 0) is 9.53 Å². The number of esters is 1. The zero-order chi connectivity index (χ0) is 19.2. The lowest BCUT2D eigenvalue weighted by atomic mass is 10.1. The van der Waals surface area contributed by atoms with E-state index in [2.05, 4.69) is 0 Å². The Labute approximate surface area is 161 Å². The largest absolute Gasteiger partial charge is 0.490 e. The minimum absolute atomic E-state index is 0.296. The van der Waals surface area contributed by atoms with Crippen LogP contribution in [0.1, 0.15) is 22.3 Å². The second-order valence-corrected chi connectivity index (χ2v) is 6.40. The summed E-state index contributed by atoms with van der Waals surface area (Å²) in [6.07, 6.45) is 0.780. The van der Waals surface area contributed by atoms with Gasteiger partial charge in [-0.1, -0.05) is 11.6 Å². The first kappa shape index (κ1) is 19.0. The molecule has 0 saturated heterocycles. The zero-order valence-electron chi connectivity index (χ0n) is 14.8. The quantitative estimate of drug-likeness (QED) is 0.554. The van der Waals surface area contributed by atoms with E-state index in [0.717, 1.165) is 12.0 Å². The highest BCUT2D eigenvalue weighted by Gasteiger charge is 2.16. The number of rotatable bonds is 6. The predicted molar refractivity (Wildman–Crippen MR) is 99.0 cm³/mol. The number of ketones is 1. The summed E-state index contributed by atoms with van der Waals surface area (Å²) in [7, 11) is 0. The van der Waals surface area contributed by atoms with E-state index >= 15 is 0 Å². The van der Waals surface area contributed by atoms with Crippen molar-refractivity contribution in [3.8, 4) is 17.2 Å². The molecule has 0 saturated carbocycles. The fourth-order valence-electron chi connectivity index (χ4n) is 2.46. The summed E-state index contributed by atoms with van der Waals surface area (Å²) in [5, 5.41) is 0.616. The summed E-state index contributed by atoms with van der Waals surface area (Å²) in [5.74, 6) is 0.661. The lowest BCUT2D eigenvalue weighted by Gasteiger charge is -2.10. The molecule has 1 heterocycles. The van der Waals surface area contributed by atoms with Gasteiger partial charge in [-0.15, -0.1) is 0 Å². The lowest BCUT2D eigenvalue weighted by molar-refractivity contribution is -0.144. The first-order valence-corrected chi connectivity index (χ1v) is 8.88. The SMILES string of the molecule is Cc1cc(OCC(=O)OCC(=O)c2ccc3c(c2)OCCCO3)ccc1Cl. The standard InChI is InChI=1S/C20H19ClO6/c1-13-9-15(4-5-16(13)21)26-12-20(23)27-11-17(22)14-3-6-18-19(10-14)25-8-2-7-24-18/h3-6,9-10H,2,7-8,11-12H2,1H3. The van der Waals surface area contributed by atoms with Crippen LogP contribution >= 0.6 is 11.6 Å². The van der Waals surface area contributed by atoms with Gasteiger partial charge in [0.15, 0.2) is 30.5 Å². The zero-order valence-corrected chi connectivity index (χ0v) is 15.6. The molecule has 1 aliphatic heterocycles. The van der Waals surface area contributed by atoms with E-state index in [1.807, 2.05) is 6.92 Å². The van der Waals surface area contributed by atoms with E-state index in [9.17, 15) is 9.59 Å². The molecule has 6 nitrogen and oxygen atoms in total. The predicted octanol–water partition coefficient (Wildman–Crippen LogP) is 3.61. The summed E-state index contributed by atoms with van der Waals surface area (Å²) in [6, 6.07) is 9.97. The number of hydrogen-bond acceptors (Lipinski definition) is 6. The maximum Gasteiger partial charge on any atom is 0.344 e. The molecule has 0 atom stereocenters. The summed E-state index contributed by atoms with van der Waals surface area (Å²) in [4.78, 5) is 24.1. The summed E-state index contributed by atoms with van der Waals surface area (Å²) >= 11 is 5.94. The lowest BCUT2D eigenvalue weighted by Crippen LogP contribution is -2.19. The Bertz CT molecular complexity index is 848. The molecule has 0 radical (unpaired) electrons. The fourth-order valence-corrected chi connectivity index (χ4v) is 2.57. The summed E-state index contributed by atoms with van der Waals surface area (Å²) in [6.45, 7) is 2.27. The summed E-state index contributed by atoms with van der Waals surface area (Å²) in [5.41, 5.74) is 1.23. The van der Waals surface area contributed by atoms with Gasteiger partial charge >= 0.3 is 5.97 Å². The van der Waals surface area contributed by atoms with Crippen molar-refractivity contribution in [2.45, 2.75) is 13.3 Å². The molecule has 0 amide bonds. The number of halogens is 1. The molecule has 0 spiro atoms. The van der Waals surface area contributed by atoms with Crippen molar-refractivity contribution in [1.29, 1.82) is 0 Å². The Morgan fingerprint density at radius 3 is 2.59 bits per heavy atom. The van der Waals surface area contributed by atoms with Crippen LogP contribution in [0.2, 0.25) is 5.02 Å². The van der Waals surface area contributed by atoms with E-state index in [4.69, 9.17) is 30.5 Å². The van der Waals surface area contributed by atoms with Crippen LogP contribution in [0.4, 0.5) is 0 Å². The van der Waals surface area contributed by atoms with Crippen LogP contribution in [-0.4, -0.2) is 38.2 Å². The van der Waals surface area contributed by atoms with Crippen molar-refractivity contribution in [1.82, 2.24) is 0 Å². The third-order valence-corrected chi connectivity index (χ3v) is 4.34. The molecule has 2 aromatic rings. The monoisotopic (exact) mass is 390 g/mol. The second-order valence-electron chi connectivity index (χ2n) is 6.00. The van der Waals surface area contributed by atoms with Crippen LogP contribution in [0.5, 0.6) is 17.2 Å². The van der Waals surface area contributed by atoms with E-state index in [1.165, 1.54) is 0 Å². The van der Waals surface area contributed by atoms with E-state index < -0.39 is 5.97 Å². The van der Waals surface area contributed by atoms with E-state index in [1.54, 1.807) is 36.4 Å². The average molecular weight is 391 g/mol. The third-order valence-electron chi connectivity index (χ3n) is 3.92. The number of Topliss-reactive ketones (excluding diaryl/α,β-unsaturated/α-hetero) is 1. The van der Waals surface area contributed by atoms with Gasteiger partial charge in [0.1, 0.15) is 5.75 Å². The van der Waals surface area contributed by atoms with Crippen LogP contribution < -0.4 is 14.2 Å². The van der Waals surface area contributed by atoms with Crippen molar-refractivity contribution in [2.75, 3.05) is 26.4 Å². The topological polar surface area (TPSA) is 71.1 Å². The van der Waals surface area contributed by atoms with Crippen molar-refractivity contribution in [2.24, 2.45) is 0 Å². The van der Waals surface area contributed by atoms with Gasteiger partial charge in [-0.2, -0.15) is 0 Å². The number of fused-ring (bicyclic) bond motifs is 1. The highest BCUT2D eigenvalue weighted by molar-refractivity contribution is 6.31. The molecule has 0 fully saturated rings. The molecule has 27 heavy (non-hydrogen) atoms. The van der Waals surface area contributed by atoms with Crippen LogP contribution in [0.25, 0.3) is 0 Å². The van der Waals surface area contributed by atoms with Crippen molar-refractivity contribution >= 4 is 23.4 Å². The first-order chi connectivity index (χ1) is 13.0. The molecule has 2 aromatic carbocycles. The number of carbonyl (C=O) groups is 2. The molecule has 0 unspecified atom stereocenters. The maximum atomic E-state index is 12.2. The number of ether oxygens (including phenoxy) is 4. The van der Waals surface area contributed by atoms with Gasteiger partial charge in [0.25, 0.3) is 0 Å². The van der Waals surface area contributed by atoms with Crippen molar-refractivity contribution < 1.29 is 28.5 Å². The molecule has 142 valence electrons. The van der Waals surface area contributed by atoms with Crippen molar-refractivity contribution in [3.05, 3.63) is 52.5 Å². The number of benzene rings is 2. The van der Waals surface area contributed by atoms with Gasteiger partial charge in [-0.05, 0) is 48.9 Å². The normalized spacial score (nSPS) is 12.8. The molecule has 7 heteroatoms. The van der Waals surface area contributed by atoms with Crippen LogP contribution in [0, 0.1) is 6.92 Å². The Morgan fingerprint density at radius 2 is 1.81 bits per heavy atom. The van der Waals surface area contributed by atoms with Gasteiger partial charge < -0.3 is 18.9 Å². The number of aryl methyl sites for hydroxylation is 1. The molecule has 0 aliphatic carbocycles. The Kier molecular flexibility index (Phi) is 6.19. The van der Waals surface area contributed by atoms with Gasteiger partial charge in [-0.3, -0.25) is 4.79 Å². The average Bonchev–Trinajstić information content (AvgIpc) is 2.91. The smallest absolute Gasteiger partial charge is 0.344 e. The Balaban J connectivity index is 1.50. The Hall–Kier alpha value is -2.73. The third kappa shape index (κ3) is 5.14. The molecule has 0 N–H and O–H groups in total. The van der Waals surface area contributed by atoms with E-state index in [-0.39, 0.29) is 19.0 Å². The molecular weight excluding hydrogens is 372 g/mol. The van der Waals surface area contributed by atoms with Gasteiger partial charge in [0.2, 0.25) is 0 Å². The minimum Gasteiger partial charge on any atom is -0.490 e. The van der Waals surface area contributed by atoms with Crippen LogP contribution in [0.15, 0.2) is 36.4 Å². The second kappa shape index (κ2) is 8.77. The van der Waals surface area contributed by atoms with Crippen LogP contribution in [0.3, 0.4) is 0 Å². The highest BCUT2D eigenvalue weighted by Crippen LogP contribution is 2.30. The molecular formula is C20H19ClO6.